The predicted octanol–water partition coefficient (Wildman–Crippen LogP) is 3.04. The molecule has 0 aliphatic carbocycles. The Bertz CT molecular complexity index is 623. The van der Waals surface area contributed by atoms with E-state index < -0.39 is 36.7 Å². The lowest BCUT2D eigenvalue weighted by atomic mass is 9.78. The van der Waals surface area contributed by atoms with E-state index in [0.29, 0.717) is 24.9 Å². The number of piperidine rings is 1. The number of halogens is 3. The minimum absolute atomic E-state index is 0.126. The zero-order chi connectivity index (χ0) is 18.9. The van der Waals surface area contributed by atoms with E-state index in [4.69, 9.17) is 4.74 Å². The minimum Gasteiger partial charge on any atom is -0.462 e. The van der Waals surface area contributed by atoms with Gasteiger partial charge in [0.25, 0.3) is 0 Å². The van der Waals surface area contributed by atoms with Gasteiger partial charge in [-0.1, -0.05) is 30.3 Å². The second-order valence-electron chi connectivity index (χ2n) is 7.45. The molecule has 0 aromatic heterocycles. The van der Waals surface area contributed by atoms with Crippen LogP contribution in [0.25, 0.3) is 0 Å². The van der Waals surface area contributed by atoms with Crippen molar-refractivity contribution in [2.75, 3.05) is 13.7 Å². The number of ether oxygens (including phenoxy) is 1. The molecule has 2 aliphatic rings. The minimum atomic E-state index is -4.61. The highest BCUT2D eigenvalue weighted by Gasteiger charge is 2.51. The fourth-order valence-corrected chi connectivity index (χ4v) is 4.33. The fourth-order valence-electron chi connectivity index (χ4n) is 4.33. The molecular formula is C19H24F3NO3. The SMILES string of the molecule is CN1[C@@H]2CC[C@H]1C[C@@H](OC(=O)C(CO)(CC(F)(F)F)c1ccccc1)C2. The van der Waals surface area contributed by atoms with Crippen LogP contribution in [0, 0.1) is 0 Å². The van der Waals surface area contributed by atoms with E-state index in [0.717, 1.165) is 12.8 Å². The molecule has 1 aromatic carbocycles. The van der Waals surface area contributed by atoms with E-state index in [9.17, 15) is 23.1 Å². The Morgan fingerprint density at radius 1 is 1.19 bits per heavy atom. The standard InChI is InChI=1S/C19H24F3NO3/c1-23-14-7-8-15(23)10-16(9-14)26-17(25)18(12-24,11-19(20,21)22)13-5-3-2-4-6-13/h2-6,14-16,24H,7-12H2,1H3/t14-,15+,16+,18?. The monoisotopic (exact) mass is 371 g/mol. The van der Waals surface area contributed by atoms with Crippen LogP contribution in [0.2, 0.25) is 0 Å². The average molecular weight is 371 g/mol. The van der Waals surface area contributed by atoms with Gasteiger partial charge in [-0.2, -0.15) is 13.2 Å². The number of benzene rings is 1. The van der Waals surface area contributed by atoms with Crippen molar-refractivity contribution in [3.63, 3.8) is 0 Å². The van der Waals surface area contributed by atoms with E-state index in [1.165, 1.54) is 12.1 Å². The van der Waals surface area contributed by atoms with Crippen molar-refractivity contribution in [3.05, 3.63) is 35.9 Å². The summed E-state index contributed by atoms with van der Waals surface area (Å²) in [5, 5.41) is 9.84. The molecule has 1 N–H and O–H groups in total. The normalized spacial score (nSPS) is 28.6. The van der Waals surface area contributed by atoms with Gasteiger partial charge in [0.05, 0.1) is 13.0 Å². The summed E-state index contributed by atoms with van der Waals surface area (Å²) in [7, 11) is 2.03. The van der Waals surface area contributed by atoms with Gasteiger partial charge in [0, 0.05) is 12.1 Å². The molecule has 0 spiro atoms. The van der Waals surface area contributed by atoms with Crippen molar-refractivity contribution in [1.29, 1.82) is 0 Å². The molecule has 2 fully saturated rings. The van der Waals surface area contributed by atoms with Gasteiger partial charge in [-0.25, -0.2) is 0 Å². The number of carbonyl (C=O) groups is 1. The molecule has 7 heteroatoms. The lowest BCUT2D eigenvalue weighted by molar-refractivity contribution is -0.181. The van der Waals surface area contributed by atoms with Crippen molar-refractivity contribution in [3.8, 4) is 0 Å². The summed E-state index contributed by atoms with van der Waals surface area (Å²) in [5.41, 5.74) is -2.00. The molecule has 4 atom stereocenters. The first-order chi connectivity index (χ1) is 12.2. The zero-order valence-corrected chi connectivity index (χ0v) is 14.7. The molecule has 4 nitrogen and oxygen atoms in total. The number of hydrogen-bond acceptors (Lipinski definition) is 4. The van der Waals surface area contributed by atoms with E-state index >= 15 is 0 Å². The van der Waals surface area contributed by atoms with Crippen LogP contribution in [0.1, 0.15) is 37.7 Å². The third-order valence-electron chi connectivity index (χ3n) is 5.82. The number of fused-ring (bicyclic) bond motifs is 2. The molecular weight excluding hydrogens is 347 g/mol. The summed E-state index contributed by atoms with van der Waals surface area (Å²) < 4.78 is 45.2. The van der Waals surface area contributed by atoms with Crippen LogP contribution in [-0.4, -0.2) is 54.0 Å². The highest BCUT2D eigenvalue weighted by atomic mass is 19.4. The van der Waals surface area contributed by atoms with E-state index in [2.05, 4.69) is 4.90 Å². The summed E-state index contributed by atoms with van der Waals surface area (Å²) in [6, 6.07) is 8.23. The maximum atomic E-state index is 13.2. The number of esters is 1. The molecule has 2 bridgehead atoms. The molecule has 0 radical (unpaired) electrons. The van der Waals surface area contributed by atoms with Gasteiger partial charge in [-0.3, -0.25) is 4.79 Å². The number of carbonyl (C=O) groups excluding carboxylic acids is 1. The van der Waals surface area contributed by atoms with Gasteiger partial charge < -0.3 is 14.7 Å². The first-order valence-electron chi connectivity index (χ1n) is 8.91. The third kappa shape index (κ3) is 3.74. The number of nitrogens with zero attached hydrogens (tertiary/aromatic N) is 1. The van der Waals surface area contributed by atoms with Gasteiger partial charge in [-0.05, 0) is 38.3 Å². The molecule has 2 saturated heterocycles. The molecule has 1 unspecified atom stereocenters. The van der Waals surface area contributed by atoms with Gasteiger partial charge in [0.15, 0.2) is 0 Å². The Kier molecular flexibility index (Phi) is 5.30. The van der Waals surface area contributed by atoms with Crippen LogP contribution in [-0.2, 0) is 14.9 Å². The molecule has 0 amide bonds. The van der Waals surface area contributed by atoms with Crippen LogP contribution in [0.4, 0.5) is 13.2 Å². The van der Waals surface area contributed by atoms with E-state index in [1.54, 1.807) is 18.2 Å². The van der Waals surface area contributed by atoms with E-state index in [1.807, 2.05) is 7.05 Å². The van der Waals surface area contributed by atoms with Gasteiger partial charge in [-0.15, -0.1) is 0 Å². The Hall–Kier alpha value is -1.60. The molecule has 1 aromatic rings. The summed E-state index contributed by atoms with van der Waals surface area (Å²) in [6.45, 7) is -0.950. The first kappa shape index (κ1) is 19.2. The first-order valence-corrected chi connectivity index (χ1v) is 8.91. The maximum absolute atomic E-state index is 13.2. The molecule has 2 heterocycles. The smallest absolute Gasteiger partial charge is 0.390 e. The quantitative estimate of drug-likeness (QED) is 0.809. The van der Waals surface area contributed by atoms with Gasteiger partial charge >= 0.3 is 12.1 Å². The molecule has 2 aliphatic heterocycles. The van der Waals surface area contributed by atoms with Crippen LogP contribution in [0.5, 0.6) is 0 Å². The second kappa shape index (κ2) is 7.19. The lowest BCUT2D eigenvalue weighted by Gasteiger charge is -2.38. The molecule has 3 rings (SSSR count). The second-order valence-corrected chi connectivity index (χ2v) is 7.45. The maximum Gasteiger partial charge on any atom is 0.390 e. The Balaban J connectivity index is 1.83. The van der Waals surface area contributed by atoms with Crippen LogP contribution in [0.15, 0.2) is 30.3 Å². The predicted molar refractivity (Wildman–Crippen MR) is 89.6 cm³/mol. The van der Waals surface area contributed by atoms with Crippen LogP contribution >= 0.6 is 0 Å². The number of alkyl halides is 3. The summed E-state index contributed by atoms with van der Waals surface area (Å²) in [4.78, 5) is 15.1. The summed E-state index contributed by atoms with van der Waals surface area (Å²) >= 11 is 0. The average Bonchev–Trinajstić information content (AvgIpc) is 2.81. The van der Waals surface area contributed by atoms with Crippen molar-refractivity contribution < 1.29 is 27.8 Å². The molecule has 144 valence electrons. The highest BCUT2D eigenvalue weighted by molar-refractivity contribution is 5.83. The Morgan fingerprint density at radius 2 is 1.77 bits per heavy atom. The Morgan fingerprint density at radius 3 is 2.27 bits per heavy atom. The van der Waals surface area contributed by atoms with Crippen LogP contribution in [0.3, 0.4) is 0 Å². The van der Waals surface area contributed by atoms with Gasteiger partial charge in [0.2, 0.25) is 0 Å². The number of hydrogen-bond donors (Lipinski definition) is 1. The summed E-state index contributed by atoms with van der Waals surface area (Å²) in [6.07, 6.45) is -3.17. The van der Waals surface area contributed by atoms with Crippen molar-refractivity contribution >= 4 is 5.97 Å². The number of aliphatic hydroxyl groups is 1. The Labute approximate surface area is 150 Å². The van der Waals surface area contributed by atoms with Crippen molar-refractivity contribution in [2.24, 2.45) is 0 Å². The number of aliphatic hydroxyl groups excluding tert-OH is 1. The van der Waals surface area contributed by atoms with Crippen molar-refractivity contribution in [1.82, 2.24) is 4.90 Å². The number of rotatable bonds is 5. The highest BCUT2D eigenvalue weighted by Crippen LogP contribution is 2.40. The molecule has 0 saturated carbocycles. The largest absolute Gasteiger partial charge is 0.462 e. The summed E-state index contributed by atoms with van der Waals surface area (Å²) in [5.74, 6) is -0.988. The lowest BCUT2D eigenvalue weighted by Crippen LogP contribution is -2.49. The topological polar surface area (TPSA) is 49.8 Å². The fraction of sp³-hybridized carbons (Fsp3) is 0.632. The van der Waals surface area contributed by atoms with Crippen LogP contribution < -0.4 is 0 Å². The van der Waals surface area contributed by atoms with Gasteiger partial charge in [0.1, 0.15) is 11.5 Å². The molecule has 26 heavy (non-hydrogen) atoms. The van der Waals surface area contributed by atoms with Crippen molar-refractivity contribution in [2.45, 2.75) is 61.9 Å². The third-order valence-corrected chi connectivity index (χ3v) is 5.82. The zero-order valence-electron chi connectivity index (χ0n) is 14.7. The van der Waals surface area contributed by atoms with E-state index in [-0.39, 0.29) is 5.56 Å².